The Balaban J connectivity index is 1.94. The van der Waals surface area contributed by atoms with Gasteiger partial charge in [-0.15, -0.1) is 0 Å². The molecule has 6 nitrogen and oxygen atoms in total. The van der Waals surface area contributed by atoms with Gasteiger partial charge in [-0.2, -0.15) is 0 Å². The number of ether oxygens (including phenoxy) is 1. The topological polar surface area (TPSA) is 71.5 Å². The summed E-state index contributed by atoms with van der Waals surface area (Å²) in [6, 6.07) is 11.0. The number of nitrogens with zero attached hydrogens (tertiary/aromatic N) is 2. The number of fused-ring (bicyclic) bond motifs is 1. The highest BCUT2D eigenvalue weighted by atomic mass is 16.5. The van der Waals surface area contributed by atoms with E-state index in [1.165, 1.54) is 6.92 Å². The second kappa shape index (κ2) is 7.78. The first-order valence-corrected chi connectivity index (χ1v) is 9.36. The van der Waals surface area contributed by atoms with E-state index in [-0.39, 0.29) is 0 Å². The monoisotopic (exact) mass is 367 g/mol. The van der Waals surface area contributed by atoms with Crippen molar-refractivity contribution in [2.24, 2.45) is 0 Å². The molecule has 0 saturated heterocycles. The molecule has 3 rings (SSSR count). The smallest absolute Gasteiger partial charge is 0.282 e. The molecule has 0 spiro atoms. The summed E-state index contributed by atoms with van der Waals surface area (Å²) < 4.78 is 5.88. The summed E-state index contributed by atoms with van der Waals surface area (Å²) >= 11 is 0. The maximum Gasteiger partial charge on any atom is 0.282 e. The van der Waals surface area contributed by atoms with E-state index in [1.807, 2.05) is 31.2 Å². The van der Waals surface area contributed by atoms with E-state index in [9.17, 15) is 9.59 Å². The average molecular weight is 367 g/mol. The van der Waals surface area contributed by atoms with Crippen molar-refractivity contribution in [1.82, 2.24) is 4.98 Å². The van der Waals surface area contributed by atoms with Gasteiger partial charge in [0, 0.05) is 18.4 Å². The minimum absolute atomic E-state index is 0.395. The SMILES string of the molecule is CCCCN1C(=O)[C@](C)(C(=O)Nc2ccccc2CC)Oc2cccnc21. The molecule has 0 aliphatic carbocycles. The lowest BCUT2D eigenvalue weighted by atomic mass is 10.00. The third-order valence-electron chi connectivity index (χ3n) is 4.79. The number of carbonyl (C=O) groups is 2. The van der Waals surface area contributed by atoms with Gasteiger partial charge in [0.05, 0.1) is 0 Å². The van der Waals surface area contributed by atoms with Gasteiger partial charge in [0.1, 0.15) is 0 Å². The first-order valence-electron chi connectivity index (χ1n) is 9.36. The van der Waals surface area contributed by atoms with Gasteiger partial charge >= 0.3 is 0 Å². The summed E-state index contributed by atoms with van der Waals surface area (Å²) in [5.74, 6) is 0.0304. The number of hydrogen-bond donors (Lipinski definition) is 1. The van der Waals surface area contributed by atoms with Crippen LogP contribution in [0.3, 0.4) is 0 Å². The van der Waals surface area contributed by atoms with Gasteiger partial charge in [-0.3, -0.25) is 14.5 Å². The molecular weight excluding hydrogens is 342 g/mol. The number of hydrogen-bond acceptors (Lipinski definition) is 4. The van der Waals surface area contributed by atoms with E-state index >= 15 is 0 Å². The number of benzene rings is 1. The lowest BCUT2D eigenvalue weighted by Gasteiger charge is -2.38. The number of pyridine rings is 1. The van der Waals surface area contributed by atoms with Crippen LogP contribution >= 0.6 is 0 Å². The third kappa shape index (κ3) is 3.52. The van der Waals surface area contributed by atoms with Crippen LogP contribution in [0.1, 0.15) is 39.2 Å². The first kappa shape index (κ1) is 18.9. The Morgan fingerprint density at radius 1 is 1.22 bits per heavy atom. The fourth-order valence-electron chi connectivity index (χ4n) is 3.14. The molecule has 0 fully saturated rings. The van der Waals surface area contributed by atoms with Crippen LogP contribution in [-0.2, 0) is 16.0 Å². The van der Waals surface area contributed by atoms with Crippen LogP contribution in [0.25, 0.3) is 0 Å². The predicted molar refractivity (Wildman–Crippen MR) is 105 cm³/mol. The van der Waals surface area contributed by atoms with Crippen molar-refractivity contribution in [3.8, 4) is 5.75 Å². The summed E-state index contributed by atoms with van der Waals surface area (Å²) in [4.78, 5) is 32.1. The Morgan fingerprint density at radius 3 is 2.74 bits per heavy atom. The third-order valence-corrected chi connectivity index (χ3v) is 4.79. The summed E-state index contributed by atoms with van der Waals surface area (Å²) in [6.07, 6.45) is 4.14. The summed E-state index contributed by atoms with van der Waals surface area (Å²) in [6.45, 7) is 6.09. The molecule has 6 heteroatoms. The van der Waals surface area contributed by atoms with E-state index in [1.54, 1.807) is 23.2 Å². The van der Waals surface area contributed by atoms with E-state index in [0.29, 0.717) is 23.8 Å². The van der Waals surface area contributed by atoms with Crippen molar-refractivity contribution >= 4 is 23.3 Å². The van der Waals surface area contributed by atoms with Gasteiger partial charge in [0.2, 0.25) is 0 Å². The summed E-state index contributed by atoms with van der Waals surface area (Å²) in [5, 5.41) is 2.88. The summed E-state index contributed by atoms with van der Waals surface area (Å²) in [7, 11) is 0. The van der Waals surface area contributed by atoms with Crippen molar-refractivity contribution in [3.05, 3.63) is 48.2 Å². The highest BCUT2D eigenvalue weighted by Crippen LogP contribution is 2.36. The lowest BCUT2D eigenvalue weighted by Crippen LogP contribution is -2.61. The van der Waals surface area contributed by atoms with Crippen molar-refractivity contribution in [2.45, 2.75) is 45.6 Å². The van der Waals surface area contributed by atoms with Gasteiger partial charge < -0.3 is 10.1 Å². The quantitative estimate of drug-likeness (QED) is 0.793. The largest absolute Gasteiger partial charge is 0.464 e. The molecule has 0 bridgehead atoms. The molecule has 1 aliphatic rings. The van der Waals surface area contributed by atoms with Crippen LogP contribution in [0.2, 0.25) is 0 Å². The number of anilines is 2. The zero-order chi connectivity index (χ0) is 19.4. The van der Waals surface area contributed by atoms with Gasteiger partial charge in [0.25, 0.3) is 17.4 Å². The van der Waals surface area contributed by atoms with Crippen molar-refractivity contribution < 1.29 is 14.3 Å². The molecule has 0 radical (unpaired) electrons. The number of rotatable bonds is 6. The van der Waals surface area contributed by atoms with E-state index in [0.717, 1.165) is 24.8 Å². The number of aryl methyl sites for hydroxylation is 1. The van der Waals surface area contributed by atoms with Crippen LogP contribution < -0.4 is 15.0 Å². The van der Waals surface area contributed by atoms with Gasteiger partial charge in [-0.1, -0.05) is 38.5 Å². The van der Waals surface area contributed by atoms with Crippen molar-refractivity contribution in [1.29, 1.82) is 0 Å². The Bertz CT molecular complexity index is 852. The van der Waals surface area contributed by atoms with Gasteiger partial charge in [-0.25, -0.2) is 4.98 Å². The molecule has 1 aromatic heterocycles. The average Bonchev–Trinajstić information content (AvgIpc) is 2.68. The number of aromatic nitrogens is 1. The molecule has 1 aromatic carbocycles. The lowest BCUT2D eigenvalue weighted by molar-refractivity contribution is -0.145. The standard InChI is InChI=1S/C21H25N3O3/c1-4-6-14-24-18-17(12-9-13-22-18)27-21(3,20(24)26)19(25)23-16-11-8-7-10-15(16)5-2/h7-13H,4-6,14H2,1-3H3,(H,23,25)/t21-/m0/s1. The van der Waals surface area contributed by atoms with Crippen LogP contribution in [0.4, 0.5) is 11.5 Å². The molecule has 2 amide bonds. The molecule has 0 saturated carbocycles. The molecule has 1 aliphatic heterocycles. The number of unbranched alkanes of at least 4 members (excludes halogenated alkanes) is 1. The molecule has 1 atom stereocenters. The second-order valence-electron chi connectivity index (χ2n) is 6.74. The number of para-hydroxylation sites is 1. The van der Waals surface area contributed by atoms with Crippen molar-refractivity contribution in [3.63, 3.8) is 0 Å². The molecule has 0 unspecified atom stereocenters. The van der Waals surface area contributed by atoms with Crippen LogP contribution in [0, 0.1) is 0 Å². The maximum atomic E-state index is 13.2. The zero-order valence-corrected chi connectivity index (χ0v) is 16.0. The highest BCUT2D eigenvalue weighted by molar-refractivity contribution is 6.19. The molecule has 142 valence electrons. The molecule has 1 N–H and O–H groups in total. The van der Waals surface area contributed by atoms with Crippen LogP contribution in [0.15, 0.2) is 42.6 Å². The predicted octanol–water partition coefficient (Wildman–Crippen LogP) is 3.57. The Labute approximate surface area is 159 Å². The zero-order valence-electron chi connectivity index (χ0n) is 16.0. The van der Waals surface area contributed by atoms with Crippen LogP contribution in [-0.4, -0.2) is 28.9 Å². The number of amides is 2. The van der Waals surface area contributed by atoms with E-state index in [2.05, 4.69) is 17.2 Å². The van der Waals surface area contributed by atoms with E-state index < -0.39 is 17.4 Å². The minimum atomic E-state index is -1.65. The van der Waals surface area contributed by atoms with Gasteiger partial charge in [-0.05, 0) is 43.5 Å². The minimum Gasteiger partial charge on any atom is -0.464 e. The Morgan fingerprint density at radius 2 is 2.00 bits per heavy atom. The number of nitrogens with one attached hydrogen (secondary N) is 1. The maximum absolute atomic E-state index is 13.2. The molecule has 2 aromatic rings. The highest BCUT2D eigenvalue weighted by Gasteiger charge is 2.51. The fourth-order valence-corrected chi connectivity index (χ4v) is 3.14. The second-order valence-corrected chi connectivity index (χ2v) is 6.74. The first-order chi connectivity index (χ1) is 13.0. The van der Waals surface area contributed by atoms with Crippen LogP contribution in [0.5, 0.6) is 5.75 Å². The molecule has 2 heterocycles. The molecular formula is C21H25N3O3. The van der Waals surface area contributed by atoms with E-state index in [4.69, 9.17) is 4.74 Å². The normalized spacial score (nSPS) is 18.6. The van der Waals surface area contributed by atoms with Gasteiger partial charge in [0.15, 0.2) is 11.6 Å². The fraction of sp³-hybridized carbons (Fsp3) is 0.381. The van der Waals surface area contributed by atoms with Crippen molar-refractivity contribution in [2.75, 3.05) is 16.8 Å². The molecule has 27 heavy (non-hydrogen) atoms. The number of carbonyl (C=O) groups excluding carboxylic acids is 2. The summed E-state index contributed by atoms with van der Waals surface area (Å²) in [5.41, 5.74) is 0.0484. The Hall–Kier alpha value is -2.89. The Kier molecular flexibility index (Phi) is 5.44.